The van der Waals surface area contributed by atoms with Crippen LogP contribution in [0.15, 0.2) is 47.4 Å². The van der Waals surface area contributed by atoms with Crippen LogP contribution in [0.1, 0.15) is 23.7 Å². The number of ether oxygens (including phenoxy) is 1. The molecule has 1 aliphatic rings. The summed E-state index contributed by atoms with van der Waals surface area (Å²) in [5.74, 6) is -0.175. The number of para-hydroxylation sites is 1. The summed E-state index contributed by atoms with van der Waals surface area (Å²) in [7, 11) is 0. The number of anilines is 1. The smallest absolute Gasteiger partial charge is 0.253 e. The first-order chi connectivity index (χ1) is 13.1. The fourth-order valence-corrected chi connectivity index (χ4v) is 3.48. The zero-order chi connectivity index (χ0) is 19.2. The first-order valence-electron chi connectivity index (χ1n) is 9.17. The Morgan fingerprint density at radius 3 is 2.89 bits per heavy atom. The minimum atomic E-state index is -0.175. The molecule has 1 atom stereocenters. The molecule has 27 heavy (non-hydrogen) atoms. The average Bonchev–Trinajstić information content (AvgIpc) is 3.12. The van der Waals surface area contributed by atoms with Gasteiger partial charge >= 0.3 is 0 Å². The van der Waals surface area contributed by atoms with Crippen LogP contribution in [0.4, 0.5) is 5.69 Å². The molecule has 2 heterocycles. The third-order valence-electron chi connectivity index (χ3n) is 4.64. The topological polar surface area (TPSA) is 63.6 Å². The van der Waals surface area contributed by atoms with Crippen LogP contribution in [-0.4, -0.2) is 42.8 Å². The minimum absolute atomic E-state index is 0.0394. The molecule has 1 saturated heterocycles. The van der Waals surface area contributed by atoms with Crippen LogP contribution < -0.4 is 15.8 Å². The summed E-state index contributed by atoms with van der Waals surface area (Å²) in [6.07, 6.45) is 2.44. The standard InChI is InChI=1S/C20H24ClN3O3/c1-2-27-12-11-24-13-15(7-8-19(24)25)20(26)22-16-9-10-23(14-16)18-6-4-3-5-17(18)21/h3-8,13,16H,2,9-12,14H2,1H3,(H,22,26)/t16-/m1/s1. The van der Waals surface area contributed by atoms with E-state index in [0.29, 0.717) is 36.9 Å². The van der Waals surface area contributed by atoms with E-state index >= 15 is 0 Å². The van der Waals surface area contributed by atoms with Crippen molar-refractivity contribution in [1.29, 1.82) is 0 Å². The molecule has 1 aliphatic heterocycles. The number of carbonyl (C=O) groups excluding carboxylic acids is 1. The number of amides is 1. The highest BCUT2D eigenvalue weighted by Gasteiger charge is 2.25. The maximum Gasteiger partial charge on any atom is 0.253 e. The van der Waals surface area contributed by atoms with Crippen molar-refractivity contribution in [2.45, 2.75) is 25.9 Å². The molecule has 2 aromatic rings. The second-order valence-electron chi connectivity index (χ2n) is 6.50. The lowest BCUT2D eigenvalue weighted by Gasteiger charge is -2.20. The maximum absolute atomic E-state index is 12.6. The average molecular weight is 390 g/mol. The Labute approximate surface area is 163 Å². The SMILES string of the molecule is CCOCCn1cc(C(=O)N[C@@H]2CCN(c3ccccc3Cl)C2)ccc1=O. The maximum atomic E-state index is 12.6. The molecule has 0 saturated carbocycles. The number of nitrogens with one attached hydrogen (secondary N) is 1. The molecule has 1 fully saturated rings. The number of rotatable bonds is 7. The molecule has 144 valence electrons. The lowest BCUT2D eigenvalue weighted by atomic mass is 10.2. The van der Waals surface area contributed by atoms with Crippen LogP contribution in [0.25, 0.3) is 0 Å². The summed E-state index contributed by atoms with van der Waals surface area (Å²) in [5.41, 5.74) is 1.32. The van der Waals surface area contributed by atoms with E-state index in [0.717, 1.165) is 18.7 Å². The minimum Gasteiger partial charge on any atom is -0.380 e. The summed E-state index contributed by atoms with van der Waals surface area (Å²) in [4.78, 5) is 26.7. The number of pyridine rings is 1. The van der Waals surface area contributed by atoms with Crippen molar-refractivity contribution in [2.24, 2.45) is 0 Å². The molecule has 1 N–H and O–H groups in total. The first-order valence-corrected chi connectivity index (χ1v) is 9.55. The quantitative estimate of drug-likeness (QED) is 0.739. The zero-order valence-electron chi connectivity index (χ0n) is 15.4. The summed E-state index contributed by atoms with van der Waals surface area (Å²) in [6, 6.07) is 10.7. The van der Waals surface area contributed by atoms with E-state index in [4.69, 9.17) is 16.3 Å². The Morgan fingerprint density at radius 1 is 1.30 bits per heavy atom. The molecule has 0 spiro atoms. The lowest BCUT2D eigenvalue weighted by molar-refractivity contribution is 0.0938. The first kappa shape index (κ1) is 19.5. The highest BCUT2D eigenvalue weighted by Crippen LogP contribution is 2.28. The van der Waals surface area contributed by atoms with Crippen molar-refractivity contribution in [1.82, 2.24) is 9.88 Å². The molecule has 1 amide bonds. The number of hydrogen-bond acceptors (Lipinski definition) is 4. The second-order valence-corrected chi connectivity index (χ2v) is 6.91. The summed E-state index contributed by atoms with van der Waals surface area (Å²) in [5, 5.41) is 3.77. The van der Waals surface area contributed by atoms with Crippen molar-refractivity contribution >= 4 is 23.2 Å². The third-order valence-corrected chi connectivity index (χ3v) is 4.96. The number of aromatic nitrogens is 1. The van der Waals surface area contributed by atoms with Gasteiger partial charge in [-0.2, -0.15) is 0 Å². The fraction of sp³-hybridized carbons (Fsp3) is 0.400. The Bertz CT molecular complexity index is 852. The predicted octanol–water partition coefficient (Wildman–Crippen LogP) is 2.55. The van der Waals surface area contributed by atoms with Gasteiger partial charge in [-0.25, -0.2) is 0 Å². The molecule has 1 aromatic carbocycles. The fourth-order valence-electron chi connectivity index (χ4n) is 3.22. The number of hydrogen-bond donors (Lipinski definition) is 1. The normalized spacial score (nSPS) is 16.5. The van der Waals surface area contributed by atoms with E-state index in [9.17, 15) is 9.59 Å². The lowest BCUT2D eigenvalue weighted by Crippen LogP contribution is -2.37. The van der Waals surface area contributed by atoms with Crippen molar-refractivity contribution in [3.05, 3.63) is 63.5 Å². The highest BCUT2D eigenvalue weighted by molar-refractivity contribution is 6.33. The van der Waals surface area contributed by atoms with Gasteiger partial charge < -0.3 is 19.5 Å². The van der Waals surface area contributed by atoms with Crippen molar-refractivity contribution in [3.63, 3.8) is 0 Å². The van der Waals surface area contributed by atoms with Crippen LogP contribution in [0.3, 0.4) is 0 Å². The Hall–Kier alpha value is -2.31. The van der Waals surface area contributed by atoms with Gasteiger partial charge in [0.2, 0.25) is 0 Å². The van der Waals surface area contributed by atoms with Gasteiger partial charge in [0.25, 0.3) is 11.5 Å². The van der Waals surface area contributed by atoms with Gasteiger partial charge in [-0.3, -0.25) is 9.59 Å². The molecule has 0 radical (unpaired) electrons. The van der Waals surface area contributed by atoms with Crippen LogP contribution >= 0.6 is 11.6 Å². The van der Waals surface area contributed by atoms with Crippen molar-refractivity contribution in [3.8, 4) is 0 Å². The summed E-state index contributed by atoms with van der Waals surface area (Å²) >= 11 is 6.27. The molecule has 6 nitrogen and oxygen atoms in total. The molecule has 0 unspecified atom stereocenters. The van der Waals surface area contributed by atoms with Crippen LogP contribution in [0, 0.1) is 0 Å². The van der Waals surface area contributed by atoms with E-state index < -0.39 is 0 Å². The van der Waals surface area contributed by atoms with Crippen LogP contribution in [-0.2, 0) is 11.3 Å². The van der Waals surface area contributed by atoms with Gasteiger partial charge in [0, 0.05) is 44.5 Å². The van der Waals surface area contributed by atoms with E-state index in [1.807, 2.05) is 31.2 Å². The number of carbonyl (C=O) groups is 1. The molecule has 1 aromatic heterocycles. The molecular formula is C20H24ClN3O3. The zero-order valence-corrected chi connectivity index (χ0v) is 16.1. The molecule has 3 rings (SSSR count). The van der Waals surface area contributed by atoms with E-state index in [1.54, 1.807) is 12.3 Å². The largest absolute Gasteiger partial charge is 0.380 e. The van der Waals surface area contributed by atoms with Gasteiger partial charge in [-0.1, -0.05) is 23.7 Å². The van der Waals surface area contributed by atoms with Gasteiger partial charge in [0.15, 0.2) is 0 Å². The monoisotopic (exact) mass is 389 g/mol. The van der Waals surface area contributed by atoms with E-state index in [-0.39, 0.29) is 17.5 Å². The van der Waals surface area contributed by atoms with Gasteiger partial charge in [0.05, 0.1) is 22.9 Å². The third kappa shape index (κ3) is 4.90. The highest BCUT2D eigenvalue weighted by atomic mass is 35.5. The van der Waals surface area contributed by atoms with Crippen molar-refractivity contribution < 1.29 is 9.53 Å². The summed E-state index contributed by atoms with van der Waals surface area (Å²) in [6.45, 7) is 4.91. The van der Waals surface area contributed by atoms with Gasteiger partial charge in [-0.15, -0.1) is 0 Å². The van der Waals surface area contributed by atoms with Crippen LogP contribution in [0.5, 0.6) is 0 Å². The molecule has 0 bridgehead atoms. The van der Waals surface area contributed by atoms with E-state index in [1.165, 1.54) is 10.6 Å². The Kier molecular flexibility index (Phi) is 6.53. The predicted molar refractivity (Wildman–Crippen MR) is 107 cm³/mol. The van der Waals surface area contributed by atoms with Gasteiger partial charge in [0.1, 0.15) is 0 Å². The molecule has 0 aliphatic carbocycles. The molecule has 7 heteroatoms. The molecular weight excluding hydrogens is 366 g/mol. The number of benzene rings is 1. The number of nitrogens with zero attached hydrogens (tertiary/aromatic N) is 2. The Morgan fingerprint density at radius 2 is 2.11 bits per heavy atom. The Balaban J connectivity index is 1.62. The number of halogens is 1. The summed E-state index contributed by atoms with van der Waals surface area (Å²) < 4.78 is 6.80. The van der Waals surface area contributed by atoms with Crippen molar-refractivity contribution in [2.75, 3.05) is 31.2 Å². The van der Waals surface area contributed by atoms with Gasteiger partial charge in [-0.05, 0) is 31.5 Å². The van der Waals surface area contributed by atoms with Crippen LogP contribution in [0.2, 0.25) is 5.02 Å². The second kappa shape index (κ2) is 9.06. The van der Waals surface area contributed by atoms with E-state index in [2.05, 4.69) is 10.2 Å².